The monoisotopic (exact) mass is 433 g/mol. The molecule has 0 spiro atoms. The van der Waals surface area contributed by atoms with E-state index in [-0.39, 0.29) is 5.91 Å². The molecule has 0 saturated heterocycles. The highest BCUT2D eigenvalue weighted by Gasteiger charge is 2.51. The van der Waals surface area contributed by atoms with Crippen LogP contribution in [0, 0.1) is 37.0 Å². The molecule has 1 amide bonds. The molecule has 4 fully saturated rings. The lowest BCUT2D eigenvalue weighted by atomic mass is 9.49. The van der Waals surface area contributed by atoms with E-state index >= 15 is 0 Å². The van der Waals surface area contributed by atoms with Crippen LogP contribution in [0.4, 0.5) is 17.5 Å². The number of nitrogens with zero attached hydrogens (tertiary/aromatic N) is 2. The first-order chi connectivity index (χ1) is 15.4. The molecule has 3 N–H and O–H groups in total. The molecule has 6 rings (SSSR count). The third kappa shape index (κ3) is 4.89. The minimum atomic E-state index is 0.209. The number of benzene rings is 1. The Morgan fingerprint density at radius 2 is 1.62 bits per heavy atom. The molecule has 4 aliphatic rings. The van der Waals surface area contributed by atoms with Gasteiger partial charge in [-0.25, -0.2) is 4.98 Å². The summed E-state index contributed by atoms with van der Waals surface area (Å²) in [6.07, 6.45) is 8.80. The van der Waals surface area contributed by atoms with E-state index in [2.05, 4.69) is 45.0 Å². The van der Waals surface area contributed by atoms with Gasteiger partial charge in [-0.15, -0.1) is 0 Å². The van der Waals surface area contributed by atoms with Crippen LogP contribution in [0.5, 0.6) is 0 Å². The molecule has 6 nitrogen and oxygen atoms in total. The second-order valence-corrected chi connectivity index (χ2v) is 10.6. The van der Waals surface area contributed by atoms with E-state index < -0.39 is 0 Å². The second kappa shape index (κ2) is 8.72. The maximum atomic E-state index is 12.7. The average Bonchev–Trinajstić information content (AvgIpc) is 2.71. The van der Waals surface area contributed by atoms with Crippen LogP contribution in [0.1, 0.15) is 56.2 Å². The Kier molecular flexibility index (Phi) is 5.78. The Balaban J connectivity index is 1.10. The predicted molar refractivity (Wildman–Crippen MR) is 128 cm³/mol. The maximum Gasteiger partial charge on any atom is 0.224 e. The summed E-state index contributed by atoms with van der Waals surface area (Å²) in [5, 5.41) is 9.72. The van der Waals surface area contributed by atoms with Crippen molar-refractivity contribution in [2.24, 2.45) is 23.2 Å². The van der Waals surface area contributed by atoms with Crippen molar-refractivity contribution in [3.8, 4) is 0 Å². The first-order valence-electron chi connectivity index (χ1n) is 12.1. The van der Waals surface area contributed by atoms with Gasteiger partial charge in [0.2, 0.25) is 11.9 Å². The first kappa shape index (κ1) is 21.2. The molecule has 4 aliphatic carbocycles. The highest BCUT2D eigenvalue weighted by Crippen LogP contribution is 2.61. The quantitative estimate of drug-likeness (QED) is 0.512. The van der Waals surface area contributed by atoms with Crippen molar-refractivity contribution in [2.45, 2.75) is 58.8 Å². The van der Waals surface area contributed by atoms with Gasteiger partial charge in [0.15, 0.2) is 0 Å². The fourth-order valence-electron chi connectivity index (χ4n) is 6.78. The summed E-state index contributed by atoms with van der Waals surface area (Å²) in [7, 11) is 0. The van der Waals surface area contributed by atoms with Crippen LogP contribution < -0.4 is 16.0 Å². The van der Waals surface area contributed by atoms with Gasteiger partial charge >= 0.3 is 0 Å². The van der Waals surface area contributed by atoms with Crippen LogP contribution >= 0.6 is 0 Å². The second-order valence-electron chi connectivity index (χ2n) is 10.6. The normalized spacial score (nSPS) is 27.9. The number of anilines is 3. The predicted octanol–water partition coefficient (Wildman–Crippen LogP) is 4.97. The fraction of sp³-hybridized carbons (Fsp3) is 0.577. The number of hydrogen-bond donors (Lipinski definition) is 3. The highest BCUT2D eigenvalue weighted by molar-refractivity contribution is 5.76. The van der Waals surface area contributed by atoms with Crippen LogP contribution in [-0.4, -0.2) is 29.0 Å². The van der Waals surface area contributed by atoms with Crippen molar-refractivity contribution in [1.29, 1.82) is 0 Å². The highest BCUT2D eigenvalue weighted by atomic mass is 16.1. The van der Waals surface area contributed by atoms with E-state index in [0.717, 1.165) is 35.0 Å². The number of nitrogens with one attached hydrogen (secondary N) is 3. The molecule has 0 atom stereocenters. The lowest BCUT2D eigenvalue weighted by Gasteiger charge is -2.56. The zero-order valence-electron chi connectivity index (χ0n) is 19.3. The van der Waals surface area contributed by atoms with Gasteiger partial charge in [0, 0.05) is 37.0 Å². The van der Waals surface area contributed by atoms with E-state index in [9.17, 15) is 4.79 Å². The molecule has 1 heterocycles. The zero-order chi connectivity index (χ0) is 22.1. The third-order valence-electron chi connectivity index (χ3n) is 7.61. The number of carbonyl (C=O) groups excluding carboxylic acids is 1. The Hall–Kier alpha value is -2.63. The van der Waals surface area contributed by atoms with Crippen LogP contribution in [0.3, 0.4) is 0 Å². The van der Waals surface area contributed by atoms with E-state index in [0.29, 0.717) is 30.9 Å². The lowest BCUT2D eigenvalue weighted by Crippen LogP contribution is -2.48. The molecule has 2 aromatic rings. The van der Waals surface area contributed by atoms with Gasteiger partial charge in [-0.2, -0.15) is 4.98 Å². The van der Waals surface area contributed by atoms with Crippen molar-refractivity contribution in [2.75, 3.05) is 23.7 Å². The number of aryl methyl sites for hydroxylation is 2. The number of carbonyl (C=O) groups is 1. The van der Waals surface area contributed by atoms with E-state index in [4.69, 9.17) is 0 Å². The first-order valence-corrected chi connectivity index (χ1v) is 12.1. The zero-order valence-corrected chi connectivity index (χ0v) is 19.3. The van der Waals surface area contributed by atoms with Gasteiger partial charge < -0.3 is 16.0 Å². The third-order valence-corrected chi connectivity index (χ3v) is 7.61. The molecular formula is C26H35N5O. The van der Waals surface area contributed by atoms with Gasteiger partial charge in [-0.05, 0) is 87.7 Å². The maximum absolute atomic E-state index is 12.7. The fourth-order valence-corrected chi connectivity index (χ4v) is 6.78. The van der Waals surface area contributed by atoms with Crippen LogP contribution in [0.15, 0.2) is 30.3 Å². The van der Waals surface area contributed by atoms with Crippen LogP contribution in [-0.2, 0) is 4.79 Å². The summed E-state index contributed by atoms with van der Waals surface area (Å²) in [4.78, 5) is 21.7. The number of hydrogen-bond acceptors (Lipinski definition) is 5. The number of aromatic nitrogens is 2. The van der Waals surface area contributed by atoms with Crippen LogP contribution in [0.25, 0.3) is 0 Å². The minimum Gasteiger partial charge on any atom is -0.354 e. The largest absolute Gasteiger partial charge is 0.354 e. The van der Waals surface area contributed by atoms with Gasteiger partial charge in [0.1, 0.15) is 5.82 Å². The molecule has 1 aromatic heterocycles. The van der Waals surface area contributed by atoms with Crippen molar-refractivity contribution >= 4 is 23.4 Å². The van der Waals surface area contributed by atoms with E-state index in [1.807, 2.05) is 25.1 Å². The number of amides is 1. The lowest BCUT2D eigenvalue weighted by molar-refractivity contribution is -0.129. The molecule has 0 aliphatic heterocycles. The van der Waals surface area contributed by atoms with E-state index in [1.54, 1.807) is 0 Å². The Bertz CT molecular complexity index is 935. The van der Waals surface area contributed by atoms with Crippen molar-refractivity contribution in [1.82, 2.24) is 15.3 Å². The molecule has 1 aromatic carbocycles. The molecule has 32 heavy (non-hydrogen) atoms. The summed E-state index contributed by atoms with van der Waals surface area (Å²) in [6, 6.07) is 10.2. The molecular weight excluding hydrogens is 398 g/mol. The Morgan fingerprint density at radius 1 is 0.969 bits per heavy atom. The van der Waals surface area contributed by atoms with Crippen LogP contribution in [0.2, 0.25) is 0 Å². The number of rotatable bonds is 8. The molecule has 4 bridgehead atoms. The summed E-state index contributed by atoms with van der Waals surface area (Å²) < 4.78 is 0. The Labute approximate surface area is 191 Å². The molecule has 0 radical (unpaired) electrons. The van der Waals surface area contributed by atoms with Gasteiger partial charge in [-0.3, -0.25) is 4.79 Å². The molecule has 170 valence electrons. The summed E-state index contributed by atoms with van der Waals surface area (Å²) in [6.45, 7) is 5.23. The van der Waals surface area contributed by atoms with E-state index in [1.165, 1.54) is 44.1 Å². The molecule has 4 saturated carbocycles. The Morgan fingerprint density at radius 3 is 2.28 bits per heavy atom. The summed E-state index contributed by atoms with van der Waals surface area (Å²) in [5.41, 5.74) is 3.41. The average molecular weight is 434 g/mol. The van der Waals surface area contributed by atoms with Gasteiger partial charge in [0.25, 0.3) is 0 Å². The van der Waals surface area contributed by atoms with Crippen molar-refractivity contribution in [3.05, 3.63) is 41.6 Å². The SMILES string of the molecule is Cc1ccc(Nc2cc(C)nc(NCCNC(=O)CC34CC5CC(CC(C5)C3)C4)n2)cc1. The summed E-state index contributed by atoms with van der Waals surface area (Å²) >= 11 is 0. The molecule has 6 heteroatoms. The summed E-state index contributed by atoms with van der Waals surface area (Å²) in [5.74, 6) is 4.20. The van der Waals surface area contributed by atoms with Gasteiger partial charge in [-0.1, -0.05) is 17.7 Å². The smallest absolute Gasteiger partial charge is 0.224 e. The van der Waals surface area contributed by atoms with Gasteiger partial charge in [0.05, 0.1) is 0 Å². The molecule has 0 unspecified atom stereocenters. The standard InChI is InChI=1S/C26H35N5O/c1-17-3-5-22(6-4-17)30-23-9-18(2)29-25(31-23)28-8-7-27-24(32)16-26-13-19-10-20(14-26)12-21(11-19)15-26/h3-6,9,19-21H,7-8,10-16H2,1-2H3,(H,27,32)(H2,28,29,30,31). The minimum absolute atomic E-state index is 0.209. The van der Waals surface area contributed by atoms with Crippen molar-refractivity contribution < 1.29 is 4.79 Å². The van der Waals surface area contributed by atoms with Crippen molar-refractivity contribution in [3.63, 3.8) is 0 Å². The topological polar surface area (TPSA) is 78.9 Å².